The van der Waals surface area contributed by atoms with Gasteiger partial charge >= 0.3 is 5.97 Å². The molecule has 0 saturated heterocycles. The van der Waals surface area contributed by atoms with Gasteiger partial charge in [0.2, 0.25) is 0 Å². The quantitative estimate of drug-likeness (QED) is 0.775. The second-order valence-electron chi connectivity index (χ2n) is 4.60. The molecule has 0 spiro atoms. The van der Waals surface area contributed by atoms with Crippen LogP contribution < -0.4 is 4.74 Å². The van der Waals surface area contributed by atoms with Crippen LogP contribution in [0.15, 0.2) is 24.3 Å². The first kappa shape index (κ1) is 10.7. The number of ether oxygens (including phenoxy) is 1. The highest BCUT2D eigenvalue weighted by Gasteiger charge is 2.31. The van der Waals surface area contributed by atoms with Crippen LogP contribution in [0, 0.1) is 0 Å². The van der Waals surface area contributed by atoms with E-state index in [2.05, 4.69) is 13.8 Å². The van der Waals surface area contributed by atoms with Crippen LogP contribution in [0.2, 0.25) is 0 Å². The van der Waals surface area contributed by atoms with Gasteiger partial charge in [0.05, 0.1) is 6.61 Å². The number of hydrogen-bond donors (Lipinski definition) is 1. The molecule has 1 aliphatic heterocycles. The lowest BCUT2D eigenvalue weighted by molar-refractivity contribution is -0.131. The topological polar surface area (TPSA) is 46.5 Å². The Bertz CT molecular complexity index is 458. The van der Waals surface area contributed by atoms with Gasteiger partial charge < -0.3 is 9.84 Å². The van der Waals surface area contributed by atoms with Gasteiger partial charge in [-0.05, 0) is 23.8 Å². The van der Waals surface area contributed by atoms with Crippen LogP contribution in [0.3, 0.4) is 0 Å². The molecule has 0 bridgehead atoms. The largest absolute Gasteiger partial charge is 0.492 e. The van der Waals surface area contributed by atoms with Crippen molar-refractivity contribution in [1.82, 2.24) is 0 Å². The maximum Gasteiger partial charge on any atom is 0.328 e. The highest BCUT2D eigenvalue weighted by molar-refractivity contribution is 5.85. The molecule has 0 aliphatic carbocycles. The van der Waals surface area contributed by atoms with Crippen LogP contribution in [0.1, 0.15) is 25.0 Å². The second kappa shape index (κ2) is 3.67. The molecule has 3 heteroatoms. The summed E-state index contributed by atoms with van der Waals surface area (Å²) in [6, 6.07) is 5.74. The zero-order chi connectivity index (χ0) is 11.8. The van der Waals surface area contributed by atoms with Crippen molar-refractivity contribution in [2.24, 2.45) is 0 Å². The van der Waals surface area contributed by atoms with E-state index in [-0.39, 0.29) is 5.41 Å². The molecular weight excluding hydrogens is 204 g/mol. The Labute approximate surface area is 94.4 Å². The van der Waals surface area contributed by atoms with Gasteiger partial charge in [0.25, 0.3) is 0 Å². The van der Waals surface area contributed by atoms with E-state index in [1.165, 1.54) is 0 Å². The SMILES string of the molecule is CC1(C)COc2ccc(/C=C/C(=O)O)cc21. The van der Waals surface area contributed by atoms with Crippen molar-refractivity contribution in [2.75, 3.05) is 6.61 Å². The Morgan fingerprint density at radius 3 is 2.94 bits per heavy atom. The summed E-state index contributed by atoms with van der Waals surface area (Å²) in [4.78, 5) is 10.4. The highest BCUT2D eigenvalue weighted by Crippen LogP contribution is 2.38. The van der Waals surface area contributed by atoms with E-state index in [0.29, 0.717) is 6.61 Å². The molecular formula is C13H14O3. The van der Waals surface area contributed by atoms with Gasteiger partial charge in [-0.2, -0.15) is 0 Å². The molecule has 1 aromatic carbocycles. The van der Waals surface area contributed by atoms with Crippen molar-refractivity contribution in [2.45, 2.75) is 19.3 Å². The van der Waals surface area contributed by atoms with E-state index >= 15 is 0 Å². The first-order valence-electron chi connectivity index (χ1n) is 5.17. The summed E-state index contributed by atoms with van der Waals surface area (Å²) in [7, 11) is 0. The third-order valence-electron chi connectivity index (χ3n) is 2.74. The molecule has 0 fully saturated rings. The molecule has 84 valence electrons. The molecule has 0 saturated carbocycles. The minimum Gasteiger partial charge on any atom is -0.492 e. The fourth-order valence-electron chi connectivity index (χ4n) is 1.81. The molecule has 0 unspecified atom stereocenters. The van der Waals surface area contributed by atoms with Gasteiger partial charge in [-0.15, -0.1) is 0 Å². The summed E-state index contributed by atoms with van der Waals surface area (Å²) in [6.45, 7) is 4.90. The lowest BCUT2D eigenvalue weighted by atomic mass is 9.86. The number of carboxylic acids is 1. The number of aliphatic carboxylic acids is 1. The van der Waals surface area contributed by atoms with Crippen molar-refractivity contribution in [3.63, 3.8) is 0 Å². The Hall–Kier alpha value is -1.77. The monoisotopic (exact) mass is 218 g/mol. The third-order valence-corrected chi connectivity index (χ3v) is 2.74. The molecule has 1 aliphatic rings. The van der Waals surface area contributed by atoms with E-state index in [9.17, 15) is 4.79 Å². The minimum atomic E-state index is -0.934. The van der Waals surface area contributed by atoms with Gasteiger partial charge in [0.1, 0.15) is 5.75 Å². The molecule has 0 radical (unpaired) electrons. The Morgan fingerprint density at radius 1 is 1.50 bits per heavy atom. The maximum atomic E-state index is 10.4. The summed E-state index contributed by atoms with van der Waals surface area (Å²) in [5.41, 5.74) is 2.03. The summed E-state index contributed by atoms with van der Waals surface area (Å²) >= 11 is 0. The molecule has 0 amide bonds. The van der Waals surface area contributed by atoms with E-state index < -0.39 is 5.97 Å². The lowest BCUT2D eigenvalue weighted by Crippen LogP contribution is -2.18. The van der Waals surface area contributed by atoms with E-state index in [0.717, 1.165) is 23.0 Å². The number of benzene rings is 1. The molecule has 0 atom stereocenters. The van der Waals surface area contributed by atoms with Gasteiger partial charge in [0, 0.05) is 17.1 Å². The van der Waals surface area contributed by atoms with Crippen LogP contribution in [-0.2, 0) is 10.2 Å². The van der Waals surface area contributed by atoms with Crippen molar-refractivity contribution in [1.29, 1.82) is 0 Å². The fourth-order valence-corrected chi connectivity index (χ4v) is 1.81. The molecule has 1 aromatic rings. The van der Waals surface area contributed by atoms with Gasteiger partial charge in [0.15, 0.2) is 0 Å². The van der Waals surface area contributed by atoms with Crippen LogP contribution in [0.4, 0.5) is 0 Å². The molecule has 0 aromatic heterocycles. The van der Waals surface area contributed by atoms with Gasteiger partial charge in [-0.3, -0.25) is 0 Å². The van der Waals surface area contributed by atoms with Crippen LogP contribution >= 0.6 is 0 Å². The average molecular weight is 218 g/mol. The van der Waals surface area contributed by atoms with E-state index in [1.807, 2.05) is 18.2 Å². The molecule has 3 nitrogen and oxygen atoms in total. The Morgan fingerprint density at radius 2 is 2.25 bits per heavy atom. The number of carbonyl (C=O) groups is 1. The predicted octanol–water partition coefficient (Wildman–Crippen LogP) is 2.45. The minimum absolute atomic E-state index is 0.00239. The lowest BCUT2D eigenvalue weighted by Gasteiger charge is -2.15. The van der Waals surface area contributed by atoms with Gasteiger partial charge in [-0.25, -0.2) is 4.79 Å². The number of hydrogen-bond acceptors (Lipinski definition) is 2. The van der Waals surface area contributed by atoms with Crippen molar-refractivity contribution < 1.29 is 14.6 Å². The molecule has 16 heavy (non-hydrogen) atoms. The van der Waals surface area contributed by atoms with Crippen LogP contribution in [0.5, 0.6) is 5.75 Å². The first-order chi connectivity index (χ1) is 7.49. The third kappa shape index (κ3) is 1.94. The Kier molecular flexibility index (Phi) is 2.46. The van der Waals surface area contributed by atoms with E-state index in [1.54, 1.807) is 6.08 Å². The van der Waals surface area contributed by atoms with Crippen LogP contribution in [-0.4, -0.2) is 17.7 Å². The normalized spacial score (nSPS) is 17.1. The highest BCUT2D eigenvalue weighted by atomic mass is 16.5. The number of fused-ring (bicyclic) bond motifs is 1. The standard InChI is InChI=1S/C13H14O3/c1-13(2)8-16-11-5-3-9(7-10(11)13)4-6-12(14)15/h3-7H,8H2,1-2H3,(H,14,15)/b6-4+. The number of carboxylic acid groups (broad SMARTS) is 1. The van der Waals surface area contributed by atoms with Crippen molar-refractivity contribution in [3.05, 3.63) is 35.4 Å². The summed E-state index contributed by atoms with van der Waals surface area (Å²) in [5.74, 6) is -0.0338. The fraction of sp³-hybridized carbons (Fsp3) is 0.308. The Balaban J connectivity index is 2.36. The molecule has 1 heterocycles. The zero-order valence-electron chi connectivity index (χ0n) is 9.36. The summed E-state index contributed by atoms with van der Waals surface area (Å²) < 4.78 is 5.55. The van der Waals surface area contributed by atoms with Crippen molar-refractivity contribution in [3.8, 4) is 5.75 Å². The van der Waals surface area contributed by atoms with Gasteiger partial charge in [-0.1, -0.05) is 19.9 Å². The average Bonchev–Trinajstić information content (AvgIpc) is 2.52. The van der Waals surface area contributed by atoms with Crippen molar-refractivity contribution >= 4 is 12.0 Å². The second-order valence-corrected chi connectivity index (χ2v) is 4.60. The number of rotatable bonds is 2. The first-order valence-corrected chi connectivity index (χ1v) is 5.17. The summed E-state index contributed by atoms with van der Waals surface area (Å²) in [6.07, 6.45) is 2.74. The molecule has 2 rings (SSSR count). The smallest absolute Gasteiger partial charge is 0.328 e. The molecule has 1 N–H and O–H groups in total. The summed E-state index contributed by atoms with van der Waals surface area (Å²) in [5, 5.41) is 8.56. The van der Waals surface area contributed by atoms with Crippen LogP contribution in [0.25, 0.3) is 6.08 Å². The van der Waals surface area contributed by atoms with E-state index in [4.69, 9.17) is 9.84 Å². The predicted molar refractivity (Wildman–Crippen MR) is 61.6 cm³/mol. The zero-order valence-corrected chi connectivity index (χ0v) is 9.36. The maximum absolute atomic E-state index is 10.4.